The molecule has 8 nitrogen and oxygen atoms in total. The van der Waals surface area contributed by atoms with Crippen LogP contribution >= 0.6 is 0 Å². The van der Waals surface area contributed by atoms with Crippen LogP contribution in [0.5, 0.6) is 0 Å². The number of nitrogens with zero attached hydrogens (tertiary/aromatic N) is 4. The third-order valence-corrected chi connectivity index (χ3v) is 6.38. The van der Waals surface area contributed by atoms with Crippen molar-refractivity contribution in [3.63, 3.8) is 0 Å². The van der Waals surface area contributed by atoms with Crippen molar-refractivity contribution >= 4 is 23.2 Å². The van der Waals surface area contributed by atoms with E-state index < -0.39 is 30.8 Å². The third-order valence-electron chi connectivity index (χ3n) is 6.38. The molecule has 2 N–H and O–H groups in total. The zero-order chi connectivity index (χ0) is 29.9. The number of aliphatic imine (C=N–C) groups is 1. The molecule has 2 saturated carbocycles. The average molecular weight is 585 g/mol. The summed E-state index contributed by atoms with van der Waals surface area (Å²) < 4.78 is 62.4. The van der Waals surface area contributed by atoms with Gasteiger partial charge in [0, 0.05) is 38.1 Å². The summed E-state index contributed by atoms with van der Waals surface area (Å²) in [5, 5.41) is 9.41. The number of nitrogens with one attached hydrogen (secondary N) is 2. The number of imidazole rings is 1. The fourth-order valence-electron chi connectivity index (χ4n) is 3.96. The van der Waals surface area contributed by atoms with Crippen molar-refractivity contribution in [2.24, 2.45) is 4.99 Å². The smallest absolute Gasteiger partial charge is 0.352 e. The Morgan fingerprint density at radius 1 is 1.02 bits per heavy atom. The van der Waals surface area contributed by atoms with E-state index in [0.29, 0.717) is 47.6 Å². The van der Waals surface area contributed by atoms with Gasteiger partial charge in [0.2, 0.25) is 11.8 Å². The molecule has 41 heavy (non-hydrogen) atoms. The molecule has 2 aliphatic carbocycles. The molecule has 2 fully saturated rings. The van der Waals surface area contributed by atoms with Crippen LogP contribution in [0, 0.1) is 0 Å². The molecular weight excluding hydrogens is 547 g/mol. The van der Waals surface area contributed by atoms with E-state index in [1.807, 2.05) is 6.08 Å². The number of amides is 2. The molecule has 5 rings (SSSR count). The summed E-state index contributed by atoms with van der Waals surface area (Å²) in [4.78, 5) is 32.5. The molecule has 0 aromatic carbocycles. The van der Waals surface area contributed by atoms with Crippen LogP contribution in [0.25, 0.3) is 5.65 Å². The highest BCUT2D eigenvalue weighted by Gasteiger charge is 2.30. The van der Waals surface area contributed by atoms with Gasteiger partial charge in [0.1, 0.15) is 0 Å². The van der Waals surface area contributed by atoms with Crippen LogP contribution in [0.4, 0.5) is 22.0 Å². The summed E-state index contributed by atoms with van der Waals surface area (Å²) >= 11 is 0. The van der Waals surface area contributed by atoms with Gasteiger partial charge in [-0.25, -0.2) is 18.3 Å². The van der Waals surface area contributed by atoms with Crippen molar-refractivity contribution < 1.29 is 31.5 Å². The second-order valence-electron chi connectivity index (χ2n) is 10.3. The van der Waals surface area contributed by atoms with Crippen LogP contribution in [0.15, 0.2) is 35.1 Å². The minimum absolute atomic E-state index is 0.0475. The Balaban J connectivity index is 0.000000347. The molecule has 3 heterocycles. The van der Waals surface area contributed by atoms with Crippen molar-refractivity contribution in [2.75, 3.05) is 6.54 Å². The first-order chi connectivity index (χ1) is 19.4. The van der Waals surface area contributed by atoms with Crippen LogP contribution < -0.4 is 10.6 Å². The number of hydrogen-bond acceptors (Lipinski definition) is 5. The summed E-state index contributed by atoms with van der Waals surface area (Å²) in [7, 11) is 0. The van der Waals surface area contributed by atoms with Gasteiger partial charge in [-0.3, -0.25) is 14.6 Å². The normalized spacial score (nSPS) is 17.6. The lowest BCUT2D eigenvalue weighted by Gasteiger charge is -2.20. The Kier molecular flexibility index (Phi) is 11.8. The summed E-state index contributed by atoms with van der Waals surface area (Å²) in [6.07, 6.45) is 6.77. The highest BCUT2D eigenvalue weighted by atomic mass is 19.4. The standard InChI is InChI=1S/C19H21F3N6O2.C6H10F2.C3H6/c1-12-15(3-2-6-23-12)18(30)25-10-14-11-28-16(27-14)7-13(9-26-28)8-24-17(29)4-5-19(20,21)22;7-6(8)4-2-1-3-5-6;1-2-3-1/h3,7,9,11H,2,4-6,8,10H2,1H3,(H,24,29)(H,25,30);1-5H2;1-3H2. The predicted molar refractivity (Wildman–Crippen MR) is 145 cm³/mol. The molecule has 2 aromatic heterocycles. The first-order valence-electron chi connectivity index (χ1n) is 14.0. The van der Waals surface area contributed by atoms with Gasteiger partial charge in [0.25, 0.3) is 5.91 Å². The Hall–Kier alpha value is -3.38. The van der Waals surface area contributed by atoms with Crippen LogP contribution in [0.2, 0.25) is 0 Å². The summed E-state index contributed by atoms with van der Waals surface area (Å²) in [6, 6.07) is 1.67. The van der Waals surface area contributed by atoms with Crippen molar-refractivity contribution in [3.05, 3.63) is 41.4 Å². The Morgan fingerprint density at radius 3 is 2.29 bits per heavy atom. The largest absolute Gasteiger partial charge is 0.389 e. The molecule has 226 valence electrons. The first kappa shape index (κ1) is 32.1. The van der Waals surface area contributed by atoms with Gasteiger partial charge in [-0.05, 0) is 37.8 Å². The van der Waals surface area contributed by atoms with E-state index in [9.17, 15) is 31.5 Å². The molecular formula is C28H37F5N6O2. The number of carbonyl (C=O) groups excluding carboxylic acids is 2. The zero-order valence-corrected chi connectivity index (χ0v) is 23.2. The van der Waals surface area contributed by atoms with Crippen LogP contribution in [0.1, 0.15) is 88.8 Å². The van der Waals surface area contributed by atoms with Gasteiger partial charge >= 0.3 is 6.18 Å². The number of alkyl halides is 5. The lowest BCUT2D eigenvalue weighted by Crippen LogP contribution is -2.28. The average Bonchev–Trinajstić information content (AvgIpc) is 3.75. The van der Waals surface area contributed by atoms with E-state index in [2.05, 4.69) is 25.7 Å². The van der Waals surface area contributed by atoms with Gasteiger partial charge in [-0.2, -0.15) is 18.3 Å². The van der Waals surface area contributed by atoms with E-state index in [1.54, 1.807) is 19.2 Å². The highest BCUT2D eigenvalue weighted by Crippen LogP contribution is 2.32. The van der Waals surface area contributed by atoms with Crippen molar-refractivity contribution in [1.29, 1.82) is 0 Å². The molecule has 13 heteroatoms. The Bertz CT molecular complexity index is 1230. The highest BCUT2D eigenvalue weighted by molar-refractivity contribution is 6.20. The lowest BCUT2D eigenvalue weighted by molar-refractivity contribution is -0.144. The monoisotopic (exact) mass is 584 g/mol. The maximum Gasteiger partial charge on any atom is 0.389 e. The van der Waals surface area contributed by atoms with Crippen molar-refractivity contribution in [1.82, 2.24) is 25.2 Å². The van der Waals surface area contributed by atoms with Crippen LogP contribution in [-0.2, 0) is 22.7 Å². The topological polar surface area (TPSA) is 101 Å². The second kappa shape index (κ2) is 15.0. The van der Waals surface area contributed by atoms with Crippen LogP contribution in [0.3, 0.4) is 0 Å². The summed E-state index contributed by atoms with van der Waals surface area (Å²) in [5.74, 6) is -3.23. The maximum absolute atomic E-state index is 12.3. The van der Waals surface area contributed by atoms with Crippen LogP contribution in [-0.4, -0.2) is 50.8 Å². The molecule has 1 aliphatic heterocycles. The van der Waals surface area contributed by atoms with Gasteiger partial charge in [-0.1, -0.05) is 31.8 Å². The van der Waals surface area contributed by atoms with Gasteiger partial charge in [0.05, 0.1) is 36.6 Å². The number of halogens is 5. The third kappa shape index (κ3) is 12.3. The van der Waals surface area contributed by atoms with E-state index in [1.165, 1.54) is 30.0 Å². The number of hydrogen-bond donors (Lipinski definition) is 2. The Labute approximate surface area is 235 Å². The molecule has 3 aliphatic rings. The molecule has 0 radical (unpaired) electrons. The fourth-order valence-corrected chi connectivity index (χ4v) is 3.96. The van der Waals surface area contributed by atoms with Gasteiger partial charge in [0.15, 0.2) is 5.65 Å². The Morgan fingerprint density at radius 2 is 1.71 bits per heavy atom. The van der Waals surface area contributed by atoms with Gasteiger partial charge in [-0.15, -0.1) is 0 Å². The summed E-state index contributed by atoms with van der Waals surface area (Å²) in [5.41, 5.74) is 2.96. The minimum Gasteiger partial charge on any atom is -0.352 e. The fraction of sp³-hybridized carbons (Fsp3) is 0.607. The zero-order valence-electron chi connectivity index (χ0n) is 23.2. The molecule has 0 unspecified atom stereocenters. The SMILES string of the molecule is C1CC1.CC1=NCCC=C1C(=O)NCc1cn2ncc(CNC(=O)CCC(F)(F)F)cc2n1.FC1(F)CCCCC1. The number of dihydropyridines is 1. The van der Waals surface area contributed by atoms with E-state index in [-0.39, 0.29) is 31.8 Å². The molecule has 2 aromatic rings. The first-order valence-corrected chi connectivity index (χ1v) is 14.0. The van der Waals surface area contributed by atoms with E-state index >= 15 is 0 Å². The van der Waals surface area contributed by atoms with Crippen molar-refractivity contribution in [3.8, 4) is 0 Å². The molecule has 0 atom stereocenters. The molecule has 2 amide bonds. The number of carbonyl (C=O) groups is 2. The maximum atomic E-state index is 12.3. The predicted octanol–water partition coefficient (Wildman–Crippen LogP) is 5.85. The second-order valence-corrected chi connectivity index (χ2v) is 10.3. The molecule has 0 bridgehead atoms. The van der Waals surface area contributed by atoms with Gasteiger partial charge < -0.3 is 10.6 Å². The van der Waals surface area contributed by atoms with E-state index in [4.69, 9.17) is 0 Å². The quantitative estimate of drug-likeness (QED) is 0.399. The molecule has 0 spiro atoms. The number of rotatable bonds is 7. The van der Waals surface area contributed by atoms with Crippen molar-refractivity contribution in [2.45, 2.75) is 103 Å². The molecule has 0 saturated heterocycles. The summed E-state index contributed by atoms with van der Waals surface area (Å²) in [6.45, 7) is 2.73. The number of fused-ring (bicyclic) bond motifs is 1. The minimum atomic E-state index is -4.36. The van der Waals surface area contributed by atoms with E-state index in [0.717, 1.165) is 12.8 Å². The number of aromatic nitrogens is 3. The lowest BCUT2D eigenvalue weighted by atomic mass is 9.97.